The highest BCUT2D eigenvalue weighted by Crippen LogP contribution is 2.33. The molecular formula is C17H19BrFN. The quantitative estimate of drug-likeness (QED) is 0.858. The van der Waals surface area contributed by atoms with Gasteiger partial charge in [0.05, 0.1) is 0 Å². The maximum absolute atomic E-state index is 13.2. The van der Waals surface area contributed by atoms with E-state index in [-0.39, 0.29) is 11.2 Å². The van der Waals surface area contributed by atoms with Gasteiger partial charge in [0.15, 0.2) is 0 Å². The molecule has 2 N–H and O–H groups in total. The van der Waals surface area contributed by atoms with Crippen molar-refractivity contribution >= 4 is 15.9 Å². The summed E-state index contributed by atoms with van der Waals surface area (Å²) in [4.78, 5) is 0. The predicted molar refractivity (Wildman–Crippen MR) is 85.3 cm³/mol. The molecule has 20 heavy (non-hydrogen) atoms. The van der Waals surface area contributed by atoms with Crippen LogP contribution in [0.1, 0.15) is 24.5 Å². The number of rotatable bonds is 5. The van der Waals surface area contributed by atoms with Crippen molar-refractivity contribution in [1.82, 2.24) is 0 Å². The Morgan fingerprint density at radius 2 is 1.85 bits per heavy atom. The lowest BCUT2D eigenvalue weighted by molar-refractivity contribution is 0.417. The first-order chi connectivity index (χ1) is 9.61. The molecule has 0 saturated heterocycles. The first-order valence-electron chi connectivity index (χ1n) is 6.81. The second kappa shape index (κ2) is 6.51. The fraction of sp³-hybridized carbons (Fsp3) is 0.294. The molecule has 2 rings (SSSR count). The van der Waals surface area contributed by atoms with Crippen LogP contribution in [0.2, 0.25) is 0 Å². The number of halogens is 2. The highest BCUT2D eigenvalue weighted by molar-refractivity contribution is 9.10. The predicted octanol–water partition coefficient (Wildman–Crippen LogP) is 4.44. The van der Waals surface area contributed by atoms with Gasteiger partial charge in [-0.1, -0.05) is 59.3 Å². The van der Waals surface area contributed by atoms with Crippen molar-refractivity contribution in [2.45, 2.75) is 25.2 Å². The minimum Gasteiger partial charge on any atom is -0.330 e. The van der Waals surface area contributed by atoms with Gasteiger partial charge in [0.2, 0.25) is 0 Å². The molecule has 0 amide bonds. The van der Waals surface area contributed by atoms with Crippen LogP contribution in [-0.4, -0.2) is 6.54 Å². The largest absolute Gasteiger partial charge is 0.330 e. The number of benzene rings is 2. The van der Waals surface area contributed by atoms with Gasteiger partial charge in [0.1, 0.15) is 5.82 Å². The summed E-state index contributed by atoms with van der Waals surface area (Å²) in [6, 6.07) is 15.2. The maximum Gasteiger partial charge on any atom is 0.124 e. The monoisotopic (exact) mass is 335 g/mol. The Kier molecular flexibility index (Phi) is 4.95. The second-order valence-corrected chi connectivity index (χ2v) is 5.97. The topological polar surface area (TPSA) is 26.0 Å². The molecule has 0 heterocycles. The fourth-order valence-electron chi connectivity index (χ4n) is 2.59. The highest BCUT2D eigenvalue weighted by atomic mass is 79.9. The third-order valence-corrected chi connectivity index (χ3v) is 4.74. The van der Waals surface area contributed by atoms with Crippen LogP contribution in [0, 0.1) is 5.82 Å². The molecule has 0 fully saturated rings. The Bertz CT molecular complexity index is 564. The summed E-state index contributed by atoms with van der Waals surface area (Å²) >= 11 is 3.45. The standard InChI is InChI=1S/C17H19BrFN/c1-2-17(12-20,14-6-4-3-5-7-14)11-13-8-9-15(19)10-16(13)18/h3-10H,2,11-12,20H2,1H3. The summed E-state index contributed by atoms with van der Waals surface area (Å²) < 4.78 is 14.0. The smallest absolute Gasteiger partial charge is 0.124 e. The van der Waals surface area contributed by atoms with Crippen LogP contribution in [0.15, 0.2) is 53.0 Å². The molecule has 1 unspecified atom stereocenters. The van der Waals surface area contributed by atoms with E-state index in [1.165, 1.54) is 17.7 Å². The van der Waals surface area contributed by atoms with E-state index in [4.69, 9.17) is 5.73 Å². The lowest BCUT2D eigenvalue weighted by Crippen LogP contribution is -2.37. The first-order valence-corrected chi connectivity index (χ1v) is 7.60. The summed E-state index contributed by atoms with van der Waals surface area (Å²) in [5, 5.41) is 0. The molecule has 0 aromatic heterocycles. The van der Waals surface area contributed by atoms with Crippen molar-refractivity contribution < 1.29 is 4.39 Å². The Morgan fingerprint density at radius 3 is 2.40 bits per heavy atom. The van der Waals surface area contributed by atoms with E-state index in [1.54, 1.807) is 0 Å². The van der Waals surface area contributed by atoms with E-state index in [1.807, 2.05) is 24.3 Å². The molecule has 0 aliphatic carbocycles. The SMILES string of the molecule is CCC(CN)(Cc1ccc(F)cc1Br)c1ccccc1. The minimum atomic E-state index is -0.227. The van der Waals surface area contributed by atoms with E-state index in [2.05, 4.69) is 35.0 Å². The Balaban J connectivity index is 2.39. The molecule has 0 bridgehead atoms. The molecule has 106 valence electrons. The van der Waals surface area contributed by atoms with E-state index in [0.29, 0.717) is 6.54 Å². The molecule has 0 spiro atoms. The zero-order valence-corrected chi connectivity index (χ0v) is 13.2. The minimum absolute atomic E-state index is 0.110. The van der Waals surface area contributed by atoms with E-state index in [9.17, 15) is 4.39 Å². The van der Waals surface area contributed by atoms with Gasteiger partial charge in [-0.3, -0.25) is 0 Å². The molecule has 2 aromatic rings. The second-order valence-electron chi connectivity index (χ2n) is 5.12. The van der Waals surface area contributed by atoms with Crippen molar-refractivity contribution in [2.75, 3.05) is 6.54 Å². The van der Waals surface area contributed by atoms with Gasteiger partial charge in [-0.15, -0.1) is 0 Å². The third kappa shape index (κ3) is 3.10. The van der Waals surface area contributed by atoms with Crippen LogP contribution < -0.4 is 5.73 Å². The van der Waals surface area contributed by atoms with Crippen LogP contribution in [0.3, 0.4) is 0 Å². The van der Waals surface area contributed by atoms with E-state index < -0.39 is 0 Å². The summed E-state index contributed by atoms with van der Waals surface area (Å²) in [5.41, 5.74) is 8.30. The normalized spacial score (nSPS) is 14.0. The van der Waals surface area contributed by atoms with Crippen molar-refractivity contribution in [3.8, 4) is 0 Å². The van der Waals surface area contributed by atoms with Gasteiger partial charge < -0.3 is 5.73 Å². The fourth-order valence-corrected chi connectivity index (χ4v) is 3.08. The summed E-state index contributed by atoms with van der Waals surface area (Å²) in [5.74, 6) is -0.227. The van der Waals surface area contributed by atoms with Crippen molar-refractivity contribution in [2.24, 2.45) is 5.73 Å². The molecule has 0 aliphatic rings. The van der Waals surface area contributed by atoms with Crippen LogP contribution in [0.25, 0.3) is 0 Å². The summed E-state index contributed by atoms with van der Waals surface area (Å²) in [6.07, 6.45) is 1.74. The van der Waals surface area contributed by atoms with E-state index in [0.717, 1.165) is 22.9 Å². The van der Waals surface area contributed by atoms with Gasteiger partial charge in [-0.2, -0.15) is 0 Å². The molecular weight excluding hydrogens is 317 g/mol. The maximum atomic E-state index is 13.2. The van der Waals surface area contributed by atoms with Crippen LogP contribution in [-0.2, 0) is 11.8 Å². The van der Waals surface area contributed by atoms with Crippen molar-refractivity contribution in [3.63, 3.8) is 0 Å². The van der Waals surface area contributed by atoms with E-state index >= 15 is 0 Å². The Hall–Kier alpha value is -1.19. The Morgan fingerprint density at radius 1 is 1.15 bits per heavy atom. The number of hydrogen-bond acceptors (Lipinski definition) is 1. The van der Waals surface area contributed by atoms with Crippen LogP contribution >= 0.6 is 15.9 Å². The molecule has 3 heteroatoms. The molecule has 1 atom stereocenters. The third-order valence-electron chi connectivity index (χ3n) is 4.00. The highest BCUT2D eigenvalue weighted by Gasteiger charge is 2.29. The number of nitrogens with two attached hydrogens (primary N) is 1. The van der Waals surface area contributed by atoms with Crippen molar-refractivity contribution in [3.05, 3.63) is 69.9 Å². The first kappa shape index (κ1) is 15.2. The lowest BCUT2D eigenvalue weighted by atomic mass is 9.73. The zero-order valence-electron chi connectivity index (χ0n) is 11.6. The molecule has 0 saturated carbocycles. The zero-order chi connectivity index (χ0) is 14.6. The van der Waals surface area contributed by atoms with Gasteiger partial charge >= 0.3 is 0 Å². The van der Waals surface area contributed by atoms with Crippen molar-refractivity contribution in [1.29, 1.82) is 0 Å². The Labute approximate surface area is 128 Å². The van der Waals surface area contributed by atoms with Gasteiger partial charge in [-0.25, -0.2) is 4.39 Å². The molecule has 0 radical (unpaired) electrons. The molecule has 0 aliphatic heterocycles. The average molecular weight is 336 g/mol. The van der Waals surface area contributed by atoms with Gasteiger partial charge in [0, 0.05) is 16.4 Å². The molecule has 1 nitrogen and oxygen atoms in total. The molecule has 2 aromatic carbocycles. The van der Waals surface area contributed by atoms with Gasteiger partial charge in [0.25, 0.3) is 0 Å². The van der Waals surface area contributed by atoms with Crippen LogP contribution in [0.4, 0.5) is 4.39 Å². The van der Waals surface area contributed by atoms with Gasteiger partial charge in [-0.05, 0) is 36.1 Å². The number of hydrogen-bond donors (Lipinski definition) is 1. The summed E-state index contributed by atoms with van der Waals surface area (Å²) in [6.45, 7) is 2.72. The lowest BCUT2D eigenvalue weighted by Gasteiger charge is -2.32. The van der Waals surface area contributed by atoms with Crippen LogP contribution in [0.5, 0.6) is 0 Å². The average Bonchev–Trinajstić information content (AvgIpc) is 2.48. The summed E-state index contributed by atoms with van der Waals surface area (Å²) in [7, 11) is 0.